The van der Waals surface area contributed by atoms with Gasteiger partial charge in [0.1, 0.15) is 0 Å². The summed E-state index contributed by atoms with van der Waals surface area (Å²) in [4.78, 5) is 0. The third-order valence-corrected chi connectivity index (χ3v) is 3.85. The molecule has 13 heavy (non-hydrogen) atoms. The summed E-state index contributed by atoms with van der Waals surface area (Å²) in [5, 5.41) is 0. The van der Waals surface area contributed by atoms with E-state index in [-0.39, 0.29) is 0 Å². The summed E-state index contributed by atoms with van der Waals surface area (Å²) in [7, 11) is 0. The van der Waals surface area contributed by atoms with E-state index in [4.69, 9.17) is 0 Å². The van der Waals surface area contributed by atoms with Gasteiger partial charge in [-0.3, -0.25) is 0 Å². The van der Waals surface area contributed by atoms with E-state index in [0.29, 0.717) is 15.0 Å². The molecular weight excluding hydrogens is 223 g/mol. The molecule has 0 atom stereocenters. The van der Waals surface area contributed by atoms with Gasteiger partial charge < -0.3 is 0 Å². The van der Waals surface area contributed by atoms with Crippen LogP contribution in [0.25, 0.3) is 0 Å². The molecule has 0 unspecified atom stereocenters. The Labute approximate surface area is 84.8 Å². The molecule has 0 aliphatic rings. The summed E-state index contributed by atoms with van der Waals surface area (Å²) < 4.78 is 2.86. The summed E-state index contributed by atoms with van der Waals surface area (Å²) >= 11 is 0.461. The van der Waals surface area contributed by atoms with E-state index in [1.165, 1.54) is 8.92 Å². The fraction of sp³-hybridized carbons (Fsp3) is 0. The first-order chi connectivity index (χ1) is 6.45. The van der Waals surface area contributed by atoms with Crippen LogP contribution in [0.4, 0.5) is 0 Å². The zero-order valence-corrected chi connectivity index (χ0v) is 8.89. The predicted octanol–water partition coefficient (Wildman–Crippen LogP) is 1.34. The zero-order valence-electron chi connectivity index (χ0n) is 7.18. The molecule has 2 rings (SSSR count). The molecule has 0 fully saturated rings. The van der Waals surface area contributed by atoms with E-state index in [1.807, 2.05) is 0 Å². The molecule has 2 aromatic rings. The number of hydrogen-bond acceptors (Lipinski definition) is 0. The fourth-order valence-electron chi connectivity index (χ4n) is 1.11. The Bertz CT molecular complexity index is 316. The average molecular weight is 233 g/mol. The van der Waals surface area contributed by atoms with E-state index >= 15 is 0 Å². The van der Waals surface area contributed by atoms with Crippen LogP contribution in [0.15, 0.2) is 60.7 Å². The summed E-state index contributed by atoms with van der Waals surface area (Å²) in [5.41, 5.74) is 0. The van der Waals surface area contributed by atoms with Crippen molar-refractivity contribution in [3.63, 3.8) is 0 Å². The first-order valence-corrected chi connectivity index (χ1v) is 5.94. The molecular formula is C12H10Se+. The Kier molecular flexibility index (Phi) is 2.81. The molecule has 0 aliphatic carbocycles. The SMILES string of the molecule is c1ccc([Se+]c2ccccc2)cc1. The molecule has 1 radical (unpaired) electrons. The predicted molar refractivity (Wildman–Crippen MR) is 57.9 cm³/mol. The van der Waals surface area contributed by atoms with Gasteiger partial charge in [-0.25, -0.2) is 0 Å². The van der Waals surface area contributed by atoms with Crippen LogP contribution in [0, 0.1) is 0 Å². The first kappa shape index (κ1) is 8.55. The fourth-order valence-corrected chi connectivity index (χ4v) is 2.91. The molecule has 0 saturated heterocycles. The Morgan fingerprint density at radius 2 is 0.923 bits per heavy atom. The normalized spacial score (nSPS) is 9.85. The molecule has 1 heteroatoms. The second-order valence-corrected chi connectivity index (χ2v) is 5.13. The molecule has 0 bridgehead atoms. The standard InChI is InChI=1S/C12H10Se/c1-3-7-11(8-4-1)13-12-9-5-2-6-10-12/h1-10H/q+1. The molecule has 2 aromatic carbocycles. The van der Waals surface area contributed by atoms with Crippen LogP contribution in [0.5, 0.6) is 0 Å². The third-order valence-electron chi connectivity index (χ3n) is 1.72. The molecule has 0 spiro atoms. The van der Waals surface area contributed by atoms with Gasteiger partial charge in [0.25, 0.3) is 0 Å². The monoisotopic (exact) mass is 234 g/mol. The Morgan fingerprint density at radius 3 is 1.31 bits per heavy atom. The Balaban J connectivity index is 2.16. The van der Waals surface area contributed by atoms with E-state index in [1.54, 1.807) is 0 Å². The van der Waals surface area contributed by atoms with Gasteiger partial charge in [-0.2, -0.15) is 0 Å². The van der Waals surface area contributed by atoms with Gasteiger partial charge in [0.15, 0.2) is 0 Å². The molecule has 0 heterocycles. The van der Waals surface area contributed by atoms with Gasteiger partial charge in [-0.15, -0.1) is 0 Å². The molecule has 0 saturated carbocycles. The minimum absolute atomic E-state index is 0.461. The van der Waals surface area contributed by atoms with Crippen molar-refractivity contribution in [1.82, 2.24) is 0 Å². The molecule has 0 nitrogen and oxygen atoms in total. The first-order valence-electron chi connectivity index (χ1n) is 4.23. The Morgan fingerprint density at radius 1 is 0.538 bits per heavy atom. The van der Waals surface area contributed by atoms with Crippen LogP contribution in [0.1, 0.15) is 0 Å². The average Bonchev–Trinajstić information content (AvgIpc) is 2.21. The van der Waals surface area contributed by atoms with Crippen LogP contribution in [-0.2, 0) is 0 Å². The van der Waals surface area contributed by atoms with E-state index in [2.05, 4.69) is 60.7 Å². The summed E-state index contributed by atoms with van der Waals surface area (Å²) in [5.74, 6) is 0. The van der Waals surface area contributed by atoms with E-state index in [9.17, 15) is 0 Å². The van der Waals surface area contributed by atoms with Crippen molar-refractivity contribution in [3.8, 4) is 0 Å². The maximum absolute atomic E-state index is 2.19. The second kappa shape index (κ2) is 4.27. The van der Waals surface area contributed by atoms with Gasteiger partial charge in [-0.1, -0.05) is 0 Å². The zero-order chi connectivity index (χ0) is 8.93. The van der Waals surface area contributed by atoms with E-state index in [0.717, 1.165) is 0 Å². The van der Waals surface area contributed by atoms with Crippen LogP contribution < -0.4 is 8.92 Å². The van der Waals surface area contributed by atoms with Crippen molar-refractivity contribution in [2.45, 2.75) is 0 Å². The van der Waals surface area contributed by atoms with E-state index < -0.39 is 0 Å². The van der Waals surface area contributed by atoms with Crippen molar-refractivity contribution < 1.29 is 0 Å². The molecule has 0 N–H and O–H groups in total. The third kappa shape index (κ3) is 2.45. The van der Waals surface area contributed by atoms with Gasteiger partial charge in [0, 0.05) is 0 Å². The second-order valence-electron chi connectivity index (χ2n) is 2.73. The van der Waals surface area contributed by atoms with Crippen LogP contribution >= 0.6 is 0 Å². The Hall–Kier alpha value is -1.04. The summed E-state index contributed by atoms with van der Waals surface area (Å²) in [6.07, 6.45) is 0. The minimum atomic E-state index is 0.461. The summed E-state index contributed by atoms with van der Waals surface area (Å²) in [6.45, 7) is 0. The van der Waals surface area contributed by atoms with Gasteiger partial charge in [0.2, 0.25) is 0 Å². The van der Waals surface area contributed by atoms with Crippen LogP contribution in [0.2, 0.25) is 0 Å². The number of hydrogen-bond donors (Lipinski definition) is 0. The van der Waals surface area contributed by atoms with Crippen molar-refractivity contribution in [2.75, 3.05) is 0 Å². The van der Waals surface area contributed by atoms with Crippen molar-refractivity contribution >= 4 is 23.9 Å². The van der Waals surface area contributed by atoms with Crippen molar-refractivity contribution in [1.29, 1.82) is 0 Å². The van der Waals surface area contributed by atoms with Gasteiger partial charge >= 0.3 is 84.5 Å². The van der Waals surface area contributed by atoms with Gasteiger partial charge in [0.05, 0.1) is 0 Å². The molecule has 63 valence electrons. The van der Waals surface area contributed by atoms with Gasteiger partial charge in [-0.05, 0) is 0 Å². The quantitative estimate of drug-likeness (QED) is 0.687. The van der Waals surface area contributed by atoms with Crippen molar-refractivity contribution in [2.24, 2.45) is 0 Å². The van der Waals surface area contributed by atoms with Crippen LogP contribution in [-0.4, -0.2) is 15.0 Å². The van der Waals surface area contributed by atoms with Crippen molar-refractivity contribution in [3.05, 3.63) is 60.7 Å². The number of rotatable bonds is 2. The maximum atomic E-state index is 2.19. The van der Waals surface area contributed by atoms with Crippen LogP contribution in [0.3, 0.4) is 0 Å². The molecule has 0 amide bonds. The molecule has 0 aliphatic heterocycles. The summed E-state index contributed by atoms with van der Waals surface area (Å²) in [6, 6.07) is 21.3. The topological polar surface area (TPSA) is 0 Å². The number of benzene rings is 2. The molecule has 0 aromatic heterocycles.